The van der Waals surface area contributed by atoms with Crippen molar-refractivity contribution in [1.82, 2.24) is 5.32 Å². The molecule has 2 atom stereocenters. The highest BCUT2D eigenvalue weighted by atomic mass is 16.5. The topological polar surface area (TPSA) is 54.6 Å². The number of aryl methyl sites for hydroxylation is 1. The van der Waals surface area contributed by atoms with Crippen LogP contribution in [0.2, 0.25) is 0 Å². The van der Waals surface area contributed by atoms with Crippen LogP contribution in [0.15, 0.2) is 16.5 Å². The lowest BCUT2D eigenvalue weighted by Gasteiger charge is -2.23. The molecule has 4 heteroatoms. The minimum atomic E-state index is -0.714. The fraction of sp³-hybridized carbons (Fsp3) is 0.692. The quantitative estimate of drug-likeness (QED) is 0.820. The van der Waals surface area contributed by atoms with E-state index in [1.165, 1.54) is 0 Å². The third-order valence-electron chi connectivity index (χ3n) is 3.28. The first-order valence-corrected chi connectivity index (χ1v) is 6.25. The number of furan rings is 1. The van der Waals surface area contributed by atoms with E-state index in [1.807, 2.05) is 19.1 Å². The third kappa shape index (κ3) is 3.09. The van der Waals surface area contributed by atoms with Gasteiger partial charge in [0.15, 0.2) is 0 Å². The first kappa shape index (κ1) is 12.6. The molecule has 17 heavy (non-hydrogen) atoms. The Morgan fingerprint density at radius 1 is 1.53 bits per heavy atom. The van der Waals surface area contributed by atoms with Gasteiger partial charge in [-0.05, 0) is 19.1 Å². The Labute approximate surface area is 102 Å². The molecule has 1 aliphatic heterocycles. The van der Waals surface area contributed by atoms with E-state index in [4.69, 9.17) is 9.15 Å². The summed E-state index contributed by atoms with van der Waals surface area (Å²) in [6.07, 6.45) is 1.61. The second-order valence-corrected chi connectivity index (χ2v) is 4.79. The van der Waals surface area contributed by atoms with Crippen molar-refractivity contribution in [2.75, 3.05) is 19.8 Å². The van der Waals surface area contributed by atoms with Crippen LogP contribution in [0.4, 0.5) is 0 Å². The van der Waals surface area contributed by atoms with E-state index < -0.39 is 5.60 Å². The maximum Gasteiger partial charge on any atom is 0.120 e. The van der Waals surface area contributed by atoms with Crippen LogP contribution in [0.1, 0.15) is 37.8 Å². The van der Waals surface area contributed by atoms with Crippen LogP contribution in [0.3, 0.4) is 0 Å². The zero-order valence-corrected chi connectivity index (χ0v) is 10.5. The number of hydrogen-bond acceptors (Lipinski definition) is 4. The van der Waals surface area contributed by atoms with Crippen LogP contribution in [-0.4, -0.2) is 30.5 Å². The van der Waals surface area contributed by atoms with E-state index in [1.54, 1.807) is 0 Å². The monoisotopic (exact) mass is 239 g/mol. The lowest BCUT2D eigenvalue weighted by atomic mass is 10.0. The molecule has 0 radical (unpaired) electrons. The molecule has 2 rings (SSSR count). The summed E-state index contributed by atoms with van der Waals surface area (Å²) in [4.78, 5) is 0. The molecule has 1 aromatic rings. The molecule has 0 spiro atoms. The van der Waals surface area contributed by atoms with Crippen LogP contribution < -0.4 is 5.32 Å². The van der Waals surface area contributed by atoms with Crippen molar-refractivity contribution < 1.29 is 14.3 Å². The fourth-order valence-electron chi connectivity index (χ4n) is 2.00. The number of nitrogens with one attached hydrogen (secondary N) is 1. The van der Waals surface area contributed by atoms with Gasteiger partial charge in [0, 0.05) is 26.0 Å². The molecule has 0 amide bonds. The van der Waals surface area contributed by atoms with E-state index in [9.17, 15) is 5.11 Å². The molecule has 0 bridgehead atoms. The van der Waals surface area contributed by atoms with Crippen molar-refractivity contribution in [2.45, 2.75) is 38.3 Å². The largest absolute Gasteiger partial charge is 0.464 e. The fourth-order valence-corrected chi connectivity index (χ4v) is 2.00. The van der Waals surface area contributed by atoms with Gasteiger partial charge in [-0.25, -0.2) is 0 Å². The van der Waals surface area contributed by atoms with Crippen molar-refractivity contribution in [1.29, 1.82) is 0 Å². The Bertz CT molecular complexity index is 355. The second-order valence-electron chi connectivity index (χ2n) is 4.79. The van der Waals surface area contributed by atoms with Gasteiger partial charge in [0.25, 0.3) is 0 Å². The summed E-state index contributed by atoms with van der Waals surface area (Å²) in [5.41, 5.74) is -0.714. The van der Waals surface area contributed by atoms with Gasteiger partial charge in [0.1, 0.15) is 17.1 Å². The van der Waals surface area contributed by atoms with Crippen LogP contribution in [-0.2, 0) is 11.2 Å². The molecule has 4 nitrogen and oxygen atoms in total. The van der Waals surface area contributed by atoms with Gasteiger partial charge < -0.3 is 19.6 Å². The summed E-state index contributed by atoms with van der Waals surface area (Å²) in [5, 5.41) is 13.4. The molecule has 1 saturated heterocycles. The number of ether oxygens (including phenoxy) is 1. The molecule has 1 aromatic heterocycles. The maximum absolute atomic E-state index is 10.1. The molecule has 0 aromatic carbocycles. The first-order valence-electron chi connectivity index (χ1n) is 6.25. The van der Waals surface area contributed by atoms with Crippen molar-refractivity contribution in [3.05, 3.63) is 23.7 Å². The summed E-state index contributed by atoms with van der Waals surface area (Å²) < 4.78 is 10.9. The zero-order chi connectivity index (χ0) is 12.3. The Hall–Kier alpha value is -0.840. The van der Waals surface area contributed by atoms with Crippen LogP contribution in [0.25, 0.3) is 0 Å². The number of hydrogen-bond donors (Lipinski definition) is 2. The smallest absolute Gasteiger partial charge is 0.120 e. The van der Waals surface area contributed by atoms with Crippen LogP contribution in [0, 0.1) is 0 Å². The summed E-state index contributed by atoms with van der Waals surface area (Å²) in [6, 6.07) is 4.10. The molecular formula is C13H21NO3. The van der Waals surface area contributed by atoms with E-state index in [0.29, 0.717) is 26.2 Å². The van der Waals surface area contributed by atoms with Gasteiger partial charge in [-0.3, -0.25) is 0 Å². The van der Waals surface area contributed by atoms with Crippen molar-refractivity contribution in [3.63, 3.8) is 0 Å². The van der Waals surface area contributed by atoms with Crippen LogP contribution in [0.5, 0.6) is 0 Å². The van der Waals surface area contributed by atoms with Crippen molar-refractivity contribution >= 4 is 0 Å². The van der Waals surface area contributed by atoms with Gasteiger partial charge in [0.05, 0.1) is 12.6 Å². The van der Waals surface area contributed by atoms with E-state index in [0.717, 1.165) is 17.9 Å². The number of rotatable bonds is 5. The predicted octanol–water partition coefficient (Wildman–Crippen LogP) is 1.64. The van der Waals surface area contributed by atoms with Gasteiger partial charge >= 0.3 is 0 Å². The lowest BCUT2D eigenvalue weighted by Crippen LogP contribution is -2.41. The molecule has 96 valence electrons. The molecule has 1 aliphatic rings. The highest BCUT2D eigenvalue weighted by Gasteiger charge is 2.32. The Kier molecular flexibility index (Phi) is 3.86. The molecule has 2 unspecified atom stereocenters. The molecule has 1 fully saturated rings. The molecule has 2 N–H and O–H groups in total. The number of aliphatic hydroxyl groups is 1. The molecule has 0 aliphatic carbocycles. The summed E-state index contributed by atoms with van der Waals surface area (Å²) in [5.74, 6) is 1.92. The SMILES string of the molecule is CCc1ccc(C(C)NCC2(O)CCOC2)o1. The van der Waals surface area contributed by atoms with Crippen molar-refractivity contribution in [3.8, 4) is 0 Å². The molecular weight excluding hydrogens is 218 g/mol. The first-order chi connectivity index (χ1) is 8.13. The normalized spacial score (nSPS) is 26.3. The van der Waals surface area contributed by atoms with Gasteiger partial charge in [0.2, 0.25) is 0 Å². The minimum Gasteiger partial charge on any atom is -0.464 e. The highest BCUT2D eigenvalue weighted by Crippen LogP contribution is 2.20. The standard InChI is InChI=1S/C13H21NO3/c1-3-11-4-5-12(17-11)10(2)14-8-13(15)6-7-16-9-13/h4-5,10,14-15H,3,6-9H2,1-2H3. The van der Waals surface area contributed by atoms with E-state index in [2.05, 4.69) is 12.2 Å². The average Bonchev–Trinajstić information content (AvgIpc) is 2.95. The van der Waals surface area contributed by atoms with E-state index in [-0.39, 0.29) is 6.04 Å². The zero-order valence-electron chi connectivity index (χ0n) is 10.5. The Morgan fingerprint density at radius 2 is 2.35 bits per heavy atom. The van der Waals surface area contributed by atoms with Crippen molar-refractivity contribution in [2.24, 2.45) is 0 Å². The van der Waals surface area contributed by atoms with Gasteiger partial charge in [-0.1, -0.05) is 6.92 Å². The Balaban J connectivity index is 1.86. The Morgan fingerprint density at radius 3 is 2.94 bits per heavy atom. The molecule has 0 saturated carbocycles. The minimum absolute atomic E-state index is 0.111. The third-order valence-corrected chi connectivity index (χ3v) is 3.28. The summed E-state index contributed by atoms with van der Waals surface area (Å²) in [7, 11) is 0. The summed E-state index contributed by atoms with van der Waals surface area (Å²) in [6.45, 7) is 5.71. The van der Waals surface area contributed by atoms with Gasteiger partial charge in [-0.2, -0.15) is 0 Å². The molecule has 2 heterocycles. The average molecular weight is 239 g/mol. The highest BCUT2D eigenvalue weighted by molar-refractivity contribution is 5.10. The van der Waals surface area contributed by atoms with Crippen LogP contribution >= 0.6 is 0 Å². The second kappa shape index (κ2) is 5.21. The maximum atomic E-state index is 10.1. The lowest BCUT2D eigenvalue weighted by molar-refractivity contribution is 0.0247. The van der Waals surface area contributed by atoms with Gasteiger partial charge in [-0.15, -0.1) is 0 Å². The van der Waals surface area contributed by atoms with E-state index >= 15 is 0 Å². The summed E-state index contributed by atoms with van der Waals surface area (Å²) >= 11 is 0. The predicted molar refractivity (Wildman–Crippen MR) is 64.9 cm³/mol.